The minimum absolute atomic E-state index is 0.259. The topological polar surface area (TPSA) is 23.6 Å². The lowest BCUT2D eigenvalue weighted by Gasteiger charge is -2.37. The van der Waals surface area contributed by atoms with Gasteiger partial charge in [0.1, 0.15) is 0 Å². The summed E-state index contributed by atoms with van der Waals surface area (Å²) < 4.78 is 0. The lowest BCUT2D eigenvalue weighted by atomic mass is 10.1. The lowest BCUT2D eigenvalue weighted by molar-refractivity contribution is -0.132. The van der Waals surface area contributed by atoms with Crippen LogP contribution in [0, 0.1) is 0 Å². The van der Waals surface area contributed by atoms with Gasteiger partial charge in [0.15, 0.2) is 0 Å². The summed E-state index contributed by atoms with van der Waals surface area (Å²) in [6.07, 6.45) is 1.71. The van der Waals surface area contributed by atoms with E-state index in [2.05, 4.69) is 18.7 Å². The fraction of sp³-hybridized carbons (Fsp3) is 0.562. The number of hydrogen-bond donors (Lipinski definition) is 0. The van der Waals surface area contributed by atoms with Crippen molar-refractivity contribution in [2.75, 3.05) is 26.2 Å². The van der Waals surface area contributed by atoms with Crippen molar-refractivity contribution in [3.8, 4) is 0 Å². The van der Waals surface area contributed by atoms with Crippen molar-refractivity contribution in [2.45, 2.75) is 32.7 Å². The second-order valence-electron chi connectivity index (χ2n) is 5.34. The van der Waals surface area contributed by atoms with Crippen LogP contribution in [0.5, 0.6) is 0 Å². The van der Waals surface area contributed by atoms with Gasteiger partial charge in [-0.05, 0) is 18.9 Å². The Kier molecular flexibility index (Phi) is 4.97. The van der Waals surface area contributed by atoms with Gasteiger partial charge in [-0.2, -0.15) is 0 Å². The van der Waals surface area contributed by atoms with E-state index in [1.165, 1.54) is 6.42 Å². The summed E-state index contributed by atoms with van der Waals surface area (Å²) in [4.78, 5) is 16.7. The van der Waals surface area contributed by atoms with E-state index in [0.29, 0.717) is 12.5 Å². The van der Waals surface area contributed by atoms with Crippen molar-refractivity contribution in [3.05, 3.63) is 35.9 Å². The van der Waals surface area contributed by atoms with Crippen LogP contribution in [0.4, 0.5) is 0 Å². The number of nitrogens with zero attached hydrogens (tertiary/aromatic N) is 2. The standard InChI is InChI=1S/C16H24N2O/c1-3-14(2)17-9-11-18(12-10-17)16(19)13-15-7-5-4-6-8-15/h4-8,14H,3,9-13H2,1-2H3/t14-/m0/s1. The monoisotopic (exact) mass is 260 g/mol. The summed E-state index contributed by atoms with van der Waals surface area (Å²) in [7, 11) is 0. The van der Waals surface area contributed by atoms with Gasteiger partial charge in [-0.3, -0.25) is 9.69 Å². The predicted octanol–water partition coefficient (Wildman–Crippen LogP) is 2.17. The molecule has 1 aliphatic heterocycles. The van der Waals surface area contributed by atoms with E-state index in [-0.39, 0.29) is 5.91 Å². The molecule has 1 atom stereocenters. The van der Waals surface area contributed by atoms with Crippen molar-refractivity contribution in [1.29, 1.82) is 0 Å². The number of benzene rings is 1. The van der Waals surface area contributed by atoms with E-state index < -0.39 is 0 Å². The largest absolute Gasteiger partial charge is 0.340 e. The van der Waals surface area contributed by atoms with Crippen LogP contribution < -0.4 is 0 Å². The van der Waals surface area contributed by atoms with Gasteiger partial charge in [-0.1, -0.05) is 37.3 Å². The van der Waals surface area contributed by atoms with Gasteiger partial charge < -0.3 is 4.90 Å². The lowest BCUT2D eigenvalue weighted by Crippen LogP contribution is -2.51. The first-order chi connectivity index (χ1) is 9.20. The van der Waals surface area contributed by atoms with Crippen LogP contribution in [0.15, 0.2) is 30.3 Å². The maximum atomic E-state index is 12.2. The first-order valence-corrected chi connectivity index (χ1v) is 7.26. The predicted molar refractivity (Wildman–Crippen MR) is 78.1 cm³/mol. The smallest absolute Gasteiger partial charge is 0.227 e. The molecular weight excluding hydrogens is 236 g/mol. The molecule has 2 rings (SSSR count). The number of amides is 1. The van der Waals surface area contributed by atoms with Crippen molar-refractivity contribution >= 4 is 5.91 Å². The third-order valence-electron chi connectivity index (χ3n) is 4.08. The highest BCUT2D eigenvalue weighted by molar-refractivity contribution is 5.78. The number of rotatable bonds is 4. The molecule has 0 spiro atoms. The fourth-order valence-electron chi connectivity index (χ4n) is 2.55. The molecule has 1 aromatic carbocycles. The van der Waals surface area contributed by atoms with Gasteiger partial charge in [-0.25, -0.2) is 0 Å². The van der Waals surface area contributed by atoms with Crippen LogP contribution in [0.2, 0.25) is 0 Å². The summed E-state index contributed by atoms with van der Waals surface area (Å²) in [6.45, 7) is 8.25. The van der Waals surface area contributed by atoms with Gasteiger partial charge in [0, 0.05) is 32.2 Å². The quantitative estimate of drug-likeness (QED) is 0.828. The molecule has 3 nitrogen and oxygen atoms in total. The number of piperazine rings is 1. The molecule has 1 fully saturated rings. The first kappa shape index (κ1) is 14.1. The number of hydrogen-bond acceptors (Lipinski definition) is 2. The van der Waals surface area contributed by atoms with E-state index in [9.17, 15) is 4.79 Å². The number of carbonyl (C=O) groups excluding carboxylic acids is 1. The summed E-state index contributed by atoms with van der Waals surface area (Å²) in [6, 6.07) is 10.6. The summed E-state index contributed by atoms with van der Waals surface area (Å²) in [5, 5.41) is 0. The minimum atomic E-state index is 0.259. The zero-order valence-corrected chi connectivity index (χ0v) is 12.0. The second-order valence-corrected chi connectivity index (χ2v) is 5.34. The van der Waals surface area contributed by atoms with Crippen LogP contribution in [-0.2, 0) is 11.2 Å². The maximum Gasteiger partial charge on any atom is 0.227 e. The van der Waals surface area contributed by atoms with Crippen LogP contribution in [0.25, 0.3) is 0 Å². The molecule has 0 aliphatic carbocycles. The molecule has 1 aliphatic rings. The zero-order chi connectivity index (χ0) is 13.7. The van der Waals surface area contributed by atoms with E-state index in [0.717, 1.165) is 31.7 Å². The average molecular weight is 260 g/mol. The Morgan fingerprint density at radius 3 is 2.37 bits per heavy atom. The SMILES string of the molecule is CC[C@H](C)N1CCN(C(=O)Cc2ccccc2)CC1. The van der Waals surface area contributed by atoms with Gasteiger partial charge >= 0.3 is 0 Å². The van der Waals surface area contributed by atoms with Gasteiger partial charge in [-0.15, -0.1) is 0 Å². The molecule has 0 N–H and O–H groups in total. The first-order valence-electron chi connectivity index (χ1n) is 7.26. The van der Waals surface area contributed by atoms with Crippen LogP contribution in [0.1, 0.15) is 25.8 Å². The Labute approximate surface area is 116 Å². The molecule has 1 heterocycles. The van der Waals surface area contributed by atoms with Crippen molar-refractivity contribution in [1.82, 2.24) is 9.80 Å². The molecule has 1 aromatic rings. The number of carbonyl (C=O) groups is 1. The molecule has 0 aromatic heterocycles. The molecule has 104 valence electrons. The van der Waals surface area contributed by atoms with Crippen LogP contribution >= 0.6 is 0 Å². The Hall–Kier alpha value is -1.35. The van der Waals surface area contributed by atoms with Crippen molar-refractivity contribution in [3.63, 3.8) is 0 Å². The Morgan fingerprint density at radius 1 is 1.16 bits per heavy atom. The Morgan fingerprint density at radius 2 is 1.79 bits per heavy atom. The highest BCUT2D eigenvalue weighted by Gasteiger charge is 2.23. The van der Waals surface area contributed by atoms with Crippen LogP contribution in [-0.4, -0.2) is 47.9 Å². The molecule has 3 heteroatoms. The highest BCUT2D eigenvalue weighted by atomic mass is 16.2. The third-order valence-corrected chi connectivity index (χ3v) is 4.08. The zero-order valence-electron chi connectivity index (χ0n) is 12.0. The van der Waals surface area contributed by atoms with Crippen molar-refractivity contribution in [2.24, 2.45) is 0 Å². The highest BCUT2D eigenvalue weighted by Crippen LogP contribution is 2.10. The maximum absolute atomic E-state index is 12.2. The molecule has 1 amide bonds. The average Bonchev–Trinajstić information content (AvgIpc) is 2.47. The molecular formula is C16H24N2O. The molecule has 0 bridgehead atoms. The van der Waals surface area contributed by atoms with Gasteiger partial charge in [0.05, 0.1) is 6.42 Å². The van der Waals surface area contributed by atoms with E-state index in [1.807, 2.05) is 35.2 Å². The molecule has 1 saturated heterocycles. The van der Waals surface area contributed by atoms with E-state index in [4.69, 9.17) is 0 Å². The fourth-order valence-corrected chi connectivity index (χ4v) is 2.55. The molecule has 0 saturated carbocycles. The third kappa shape index (κ3) is 3.80. The normalized spacial score (nSPS) is 18.3. The van der Waals surface area contributed by atoms with Gasteiger partial charge in [0.2, 0.25) is 5.91 Å². The summed E-state index contributed by atoms with van der Waals surface area (Å²) in [5.41, 5.74) is 1.11. The van der Waals surface area contributed by atoms with Crippen molar-refractivity contribution < 1.29 is 4.79 Å². The molecule has 0 unspecified atom stereocenters. The Bertz CT molecular complexity index is 396. The van der Waals surface area contributed by atoms with E-state index >= 15 is 0 Å². The summed E-state index contributed by atoms with van der Waals surface area (Å²) in [5.74, 6) is 0.259. The summed E-state index contributed by atoms with van der Waals surface area (Å²) >= 11 is 0. The minimum Gasteiger partial charge on any atom is -0.340 e. The second kappa shape index (κ2) is 6.71. The Balaban J connectivity index is 1.83. The molecule has 19 heavy (non-hydrogen) atoms. The van der Waals surface area contributed by atoms with Gasteiger partial charge in [0.25, 0.3) is 0 Å². The van der Waals surface area contributed by atoms with Crippen LogP contribution in [0.3, 0.4) is 0 Å². The van der Waals surface area contributed by atoms with E-state index in [1.54, 1.807) is 0 Å². The molecule has 0 radical (unpaired) electrons.